The number of benzene rings is 2. The fourth-order valence-electron chi connectivity index (χ4n) is 2.47. The minimum Gasteiger partial charge on any atom is -0.489 e. The molecule has 3 aromatic rings. The number of para-hydroxylation sites is 2. The molecule has 144 valence electrons. The van der Waals surface area contributed by atoms with Gasteiger partial charge in [-0.3, -0.25) is 4.79 Å². The molecule has 2 aromatic carbocycles. The molecule has 0 unspecified atom stereocenters. The lowest BCUT2D eigenvalue weighted by Crippen LogP contribution is -2.17. The first-order valence-electron chi connectivity index (χ1n) is 8.89. The van der Waals surface area contributed by atoms with E-state index in [0.717, 1.165) is 5.56 Å². The predicted octanol–water partition coefficient (Wildman–Crippen LogP) is 4.27. The fraction of sp³-hybridized carbons (Fsp3) is 0.190. The maximum absolute atomic E-state index is 13.0. The van der Waals surface area contributed by atoms with Crippen LogP contribution < -0.4 is 15.4 Å². The van der Waals surface area contributed by atoms with Crippen molar-refractivity contribution >= 4 is 17.5 Å². The van der Waals surface area contributed by atoms with Gasteiger partial charge in [0.05, 0.1) is 11.8 Å². The maximum Gasteiger partial charge on any atom is 0.274 e. The number of nitrogens with zero attached hydrogens (tertiary/aromatic N) is 2. The highest BCUT2D eigenvalue weighted by Crippen LogP contribution is 2.25. The molecule has 0 saturated heterocycles. The number of hydrogen-bond donors (Lipinski definition) is 2. The van der Waals surface area contributed by atoms with E-state index in [4.69, 9.17) is 4.74 Å². The Balaban J connectivity index is 1.68. The molecule has 1 heterocycles. The average Bonchev–Trinajstić information content (AvgIpc) is 2.69. The van der Waals surface area contributed by atoms with Crippen molar-refractivity contribution in [3.63, 3.8) is 0 Å². The van der Waals surface area contributed by atoms with Gasteiger partial charge in [-0.1, -0.05) is 24.3 Å². The smallest absolute Gasteiger partial charge is 0.274 e. The van der Waals surface area contributed by atoms with E-state index in [9.17, 15) is 9.18 Å². The molecule has 1 aromatic heterocycles. The third-order valence-corrected chi connectivity index (χ3v) is 3.75. The van der Waals surface area contributed by atoms with Crippen molar-refractivity contribution in [1.29, 1.82) is 0 Å². The van der Waals surface area contributed by atoms with Crippen LogP contribution in [0.25, 0.3) is 0 Å². The topological polar surface area (TPSA) is 76.1 Å². The third kappa shape index (κ3) is 5.26. The van der Waals surface area contributed by atoms with Gasteiger partial charge in [0.1, 0.15) is 17.3 Å². The molecular weight excluding hydrogens is 359 g/mol. The number of carbonyl (C=O) groups is 1. The Kier molecular flexibility index (Phi) is 6.16. The summed E-state index contributed by atoms with van der Waals surface area (Å²) in [6, 6.07) is 14.9. The van der Waals surface area contributed by atoms with Gasteiger partial charge in [-0.25, -0.2) is 14.4 Å². The number of amides is 1. The van der Waals surface area contributed by atoms with E-state index in [-0.39, 0.29) is 23.5 Å². The van der Waals surface area contributed by atoms with Gasteiger partial charge in [0.15, 0.2) is 0 Å². The van der Waals surface area contributed by atoms with E-state index in [2.05, 4.69) is 20.6 Å². The van der Waals surface area contributed by atoms with Crippen molar-refractivity contribution < 1.29 is 13.9 Å². The van der Waals surface area contributed by atoms with E-state index < -0.39 is 0 Å². The molecule has 7 heteroatoms. The molecule has 28 heavy (non-hydrogen) atoms. The number of rotatable bonds is 7. The van der Waals surface area contributed by atoms with Crippen molar-refractivity contribution in [3.05, 3.63) is 77.9 Å². The van der Waals surface area contributed by atoms with Gasteiger partial charge in [-0.05, 0) is 49.7 Å². The predicted molar refractivity (Wildman–Crippen MR) is 106 cm³/mol. The largest absolute Gasteiger partial charge is 0.489 e. The Morgan fingerprint density at radius 2 is 1.86 bits per heavy atom. The molecule has 0 aliphatic heterocycles. The summed E-state index contributed by atoms with van der Waals surface area (Å²) >= 11 is 0. The van der Waals surface area contributed by atoms with Crippen LogP contribution in [0.3, 0.4) is 0 Å². The molecule has 1 amide bonds. The molecule has 6 nitrogen and oxygen atoms in total. The summed E-state index contributed by atoms with van der Waals surface area (Å²) in [7, 11) is 0. The van der Waals surface area contributed by atoms with Crippen LogP contribution in [-0.4, -0.2) is 22.0 Å². The Morgan fingerprint density at radius 1 is 1.11 bits per heavy atom. The fourth-order valence-corrected chi connectivity index (χ4v) is 2.47. The second-order valence-corrected chi connectivity index (χ2v) is 6.36. The van der Waals surface area contributed by atoms with Crippen LogP contribution in [-0.2, 0) is 6.54 Å². The zero-order chi connectivity index (χ0) is 19.9. The minimum absolute atomic E-state index is 0.0145. The molecular formula is C21H21FN4O2. The molecule has 0 aliphatic rings. The lowest BCUT2D eigenvalue weighted by Gasteiger charge is -2.14. The lowest BCUT2D eigenvalue weighted by molar-refractivity contribution is 0.102. The van der Waals surface area contributed by atoms with Gasteiger partial charge in [-0.2, -0.15) is 0 Å². The van der Waals surface area contributed by atoms with Gasteiger partial charge in [0.25, 0.3) is 5.91 Å². The van der Waals surface area contributed by atoms with E-state index >= 15 is 0 Å². The van der Waals surface area contributed by atoms with Crippen LogP contribution >= 0.6 is 0 Å². The van der Waals surface area contributed by atoms with Crippen LogP contribution in [0.1, 0.15) is 29.9 Å². The normalized spacial score (nSPS) is 10.6. The summed E-state index contributed by atoms with van der Waals surface area (Å²) in [6.45, 7) is 4.25. The first kappa shape index (κ1) is 19.3. The van der Waals surface area contributed by atoms with Crippen LogP contribution in [0.2, 0.25) is 0 Å². The Bertz CT molecular complexity index is 945. The summed E-state index contributed by atoms with van der Waals surface area (Å²) in [6.07, 6.45) is 1.49. The summed E-state index contributed by atoms with van der Waals surface area (Å²) < 4.78 is 18.7. The number of nitrogens with one attached hydrogen (secondary N) is 2. The summed E-state index contributed by atoms with van der Waals surface area (Å²) in [5.74, 6) is 0.241. The van der Waals surface area contributed by atoms with Crippen molar-refractivity contribution in [1.82, 2.24) is 9.97 Å². The van der Waals surface area contributed by atoms with Crippen molar-refractivity contribution in [2.45, 2.75) is 26.5 Å². The quantitative estimate of drug-likeness (QED) is 0.640. The number of carbonyl (C=O) groups excluding carboxylic acids is 1. The van der Waals surface area contributed by atoms with Crippen molar-refractivity contribution in [2.24, 2.45) is 0 Å². The molecule has 0 bridgehead atoms. The zero-order valence-corrected chi connectivity index (χ0v) is 15.6. The van der Waals surface area contributed by atoms with Gasteiger partial charge in [0.2, 0.25) is 5.95 Å². The summed E-state index contributed by atoms with van der Waals surface area (Å²) in [5, 5.41) is 5.84. The molecule has 2 N–H and O–H groups in total. The number of aromatic nitrogens is 2. The van der Waals surface area contributed by atoms with Gasteiger partial charge in [-0.15, -0.1) is 0 Å². The SMILES string of the molecule is CC(C)Oc1ccccc1NC(=O)c1ccnc(NCc2ccc(F)cc2)n1. The average molecular weight is 380 g/mol. The molecule has 0 fully saturated rings. The molecule has 0 atom stereocenters. The van der Waals surface area contributed by atoms with Crippen LogP contribution in [0, 0.1) is 5.82 Å². The molecule has 0 radical (unpaired) electrons. The number of hydrogen-bond acceptors (Lipinski definition) is 5. The number of halogens is 1. The van der Waals surface area contributed by atoms with Crippen LogP contribution in [0.4, 0.5) is 16.0 Å². The molecule has 0 spiro atoms. The highest BCUT2D eigenvalue weighted by molar-refractivity contribution is 6.03. The van der Waals surface area contributed by atoms with E-state index in [0.29, 0.717) is 23.9 Å². The standard InChI is InChI=1S/C21H21FN4O2/c1-14(2)28-19-6-4-3-5-17(19)25-20(27)18-11-12-23-21(26-18)24-13-15-7-9-16(22)10-8-15/h3-12,14H,13H2,1-2H3,(H,25,27)(H,23,24,26). The third-order valence-electron chi connectivity index (χ3n) is 3.75. The monoisotopic (exact) mass is 380 g/mol. The van der Waals surface area contributed by atoms with Gasteiger partial charge in [0, 0.05) is 12.7 Å². The van der Waals surface area contributed by atoms with E-state index in [1.54, 1.807) is 24.3 Å². The molecule has 3 rings (SSSR count). The van der Waals surface area contributed by atoms with Crippen molar-refractivity contribution in [3.8, 4) is 5.75 Å². The first-order chi connectivity index (χ1) is 13.5. The maximum atomic E-state index is 13.0. The highest BCUT2D eigenvalue weighted by atomic mass is 19.1. The number of ether oxygens (including phenoxy) is 1. The zero-order valence-electron chi connectivity index (χ0n) is 15.6. The molecule has 0 saturated carbocycles. The van der Waals surface area contributed by atoms with Gasteiger partial charge >= 0.3 is 0 Å². The van der Waals surface area contributed by atoms with Crippen molar-refractivity contribution in [2.75, 3.05) is 10.6 Å². The first-order valence-corrected chi connectivity index (χ1v) is 8.89. The summed E-state index contributed by atoms with van der Waals surface area (Å²) in [4.78, 5) is 20.9. The second kappa shape index (κ2) is 8.94. The summed E-state index contributed by atoms with van der Waals surface area (Å²) in [5.41, 5.74) is 1.66. The minimum atomic E-state index is -0.368. The van der Waals surface area contributed by atoms with Crippen LogP contribution in [0.15, 0.2) is 60.8 Å². The highest BCUT2D eigenvalue weighted by Gasteiger charge is 2.13. The Hall–Kier alpha value is -3.48. The van der Waals surface area contributed by atoms with E-state index in [1.165, 1.54) is 24.4 Å². The Labute approximate surface area is 162 Å². The Morgan fingerprint density at radius 3 is 2.61 bits per heavy atom. The second-order valence-electron chi connectivity index (χ2n) is 6.36. The lowest BCUT2D eigenvalue weighted by atomic mass is 10.2. The molecule has 0 aliphatic carbocycles. The van der Waals surface area contributed by atoms with Gasteiger partial charge < -0.3 is 15.4 Å². The van der Waals surface area contributed by atoms with E-state index in [1.807, 2.05) is 26.0 Å². The number of anilines is 2. The van der Waals surface area contributed by atoms with Crippen LogP contribution in [0.5, 0.6) is 5.75 Å².